The van der Waals surface area contributed by atoms with Crippen molar-refractivity contribution in [2.75, 3.05) is 6.54 Å². The summed E-state index contributed by atoms with van der Waals surface area (Å²) in [4.78, 5) is 0. The number of aromatic hydroxyl groups is 1. The second-order valence-electron chi connectivity index (χ2n) is 5.75. The lowest BCUT2D eigenvalue weighted by Gasteiger charge is -2.19. The molecule has 2 aromatic rings. The first-order chi connectivity index (χ1) is 10.1. The minimum atomic E-state index is 0.327. The molecule has 2 nitrogen and oxygen atoms in total. The van der Waals surface area contributed by atoms with E-state index in [4.69, 9.17) is 0 Å². The fourth-order valence-corrected chi connectivity index (χ4v) is 2.64. The summed E-state index contributed by atoms with van der Waals surface area (Å²) in [5.41, 5.74) is 5.33. The topological polar surface area (TPSA) is 32.3 Å². The van der Waals surface area contributed by atoms with E-state index in [1.54, 1.807) is 12.1 Å². The second kappa shape index (κ2) is 7.28. The summed E-state index contributed by atoms with van der Waals surface area (Å²) in [6.45, 7) is 7.43. The number of nitrogens with one attached hydrogen (secondary N) is 1. The van der Waals surface area contributed by atoms with Crippen LogP contribution in [0.4, 0.5) is 0 Å². The second-order valence-corrected chi connectivity index (χ2v) is 5.75. The number of hydrogen-bond donors (Lipinski definition) is 2. The van der Waals surface area contributed by atoms with E-state index in [2.05, 4.69) is 44.3 Å². The molecule has 2 rings (SSSR count). The van der Waals surface area contributed by atoms with Crippen LogP contribution in [0.15, 0.2) is 42.5 Å². The van der Waals surface area contributed by atoms with E-state index in [1.165, 1.54) is 22.3 Å². The molecule has 0 aromatic heterocycles. The Labute approximate surface area is 127 Å². The summed E-state index contributed by atoms with van der Waals surface area (Å²) in [6, 6.07) is 14.7. The lowest BCUT2D eigenvalue weighted by molar-refractivity contribution is 0.474. The van der Waals surface area contributed by atoms with Crippen LogP contribution < -0.4 is 5.32 Å². The van der Waals surface area contributed by atoms with Crippen LogP contribution in [0.5, 0.6) is 5.75 Å². The third kappa shape index (κ3) is 4.61. The maximum Gasteiger partial charge on any atom is 0.115 e. The van der Waals surface area contributed by atoms with Crippen LogP contribution in [0.3, 0.4) is 0 Å². The summed E-state index contributed by atoms with van der Waals surface area (Å²) in [6.07, 6.45) is 2.00. The van der Waals surface area contributed by atoms with Crippen LogP contribution in [-0.2, 0) is 12.8 Å². The molecule has 112 valence electrons. The first-order valence-corrected chi connectivity index (χ1v) is 7.66. The van der Waals surface area contributed by atoms with Gasteiger partial charge < -0.3 is 10.4 Å². The van der Waals surface area contributed by atoms with Crippen molar-refractivity contribution in [3.63, 3.8) is 0 Å². The standard InChI is InChI=1S/C19H25NO/c1-4-20-18(12-16-7-9-19(21)10-8-16)13-17-6-5-14(2)15(3)11-17/h5-11,18,20-21H,4,12-13H2,1-3H3. The lowest BCUT2D eigenvalue weighted by atomic mass is 9.96. The van der Waals surface area contributed by atoms with Crippen molar-refractivity contribution in [2.45, 2.75) is 39.7 Å². The average molecular weight is 283 g/mol. The number of likely N-dealkylation sites (N-methyl/N-ethyl adjacent to an activating group) is 1. The van der Waals surface area contributed by atoms with Gasteiger partial charge in [-0.2, -0.15) is 0 Å². The van der Waals surface area contributed by atoms with Crippen LogP contribution in [0.1, 0.15) is 29.2 Å². The first-order valence-electron chi connectivity index (χ1n) is 7.66. The Morgan fingerprint density at radius 2 is 1.52 bits per heavy atom. The number of aryl methyl sites for hydroxylation is 2. The van der Waals surface area contributed by atoms with Crippen molar-refractivity contribution >= 4 is 0 Å². The van der Waals surface area contributed by atoms with Gasteiger partial charge in [-0.05, 0) is 67.6 Å². The van der Waals surface area contributed by atoms with Crippen molar-refractivity contribution in [2.24, 2.45) is 0 Å². The monoisotopic (exact) mass is 283 g/mol. The minimum Gasteiger partial charge on any atom is -0.508 e. The van der Waals surface area contributed by atoms with E-state index < -0.39 is 0 Å². The molecule has 2 N–H and O–H groups in total. The lowest BCUT2D eigenvalue weighted by Crippen LogP contribution is -2.33. The third-order valence-electron chi connectivity index (χ3n) is 3.96. The predicted octanol–water partition coefficient (Wildman–Crippen LogP) is 3.77. The molecule has 0 radical (unpaired) electrons. The molecule has 2 heteroatoms. The van der Waals surface area contributed by atoms with Gasteiger partial charge in [0.2, 0.25) is 0 Å². The zero-order valence-corrected chi connectivity index (χ0v) is 13.2. The van der Waals surface area contributed by atoms with Crippen LogP contribution in [0.25, 0.3) is 0 Å². The Bertz CT molecular complexity index is 575. The average Bonchev–Trinajstić information content (AvgIpc) is 2.46. The highest BCUT2D eigenvalue weighted by Gasteiger charge is 2.10. The van der Waals surface area contributed by atoms with E-state index in [0.717, 1.165) is 19.4 Å². The van der Waals surface area contributed by atoms with Crippen LogP contribution in [-0.4, -0.2) is 17.7 Å². The molecule has 0 aliphatic carbocycles. The highest BCUT2D eigenvalue weighted by molar-refractivity contribution is 5.31. The summed E-state index contributed by atoms with van der Waals surface area (Å²) < 4.78 is 0. The fraction of sp³-hybridized carbons (Fsp3) is 0.368. The first kappa shape index (κ1) is 15.6. The Balaban J connectivity index is 2.07. The van der Waals surface area contributed by atoms with Crippen molar-refractivity contribution < 1.29 is 5.11 Å². The maximum atomic E-state index is 9.37. The summed E-state index contributed by atoms with van der Waals surface area (Å²) in [7, 11) is 0. The van der Waals surface area contributed by atoms with Gasteiger partial charge in [-0.25, -0.2) is 0 Å². The Hall–Kier alpha value is -1.80. The van der Waals surface area contributed by atoms with Crippen LogP contribution in [0.2, 0.25) is 0 Å². The van der Waals surface area contributed by atoms with Gasteiger partial charge in [0.15, 0.2) is 0 Å². The molecule has 2 aromatic carbocycles. The molecule has 0 saturated heterocycles. The smallest absolute Gasteiger partial charge is 0.115 e. The molecule has 0 aliphatic heterocycles. The SMILES string of the molecule is CCNC(Cc1ccc(O)cc1)Cc1ccc(C)c(C)c1. The van der Waals surface area contributed by atoms with Gasteiger partial charge >= 0.3 is 0 Å². The van der Waals surface area contributed by atoms with E-state index in [0.29, 0.717) is 11.8 Å². The van der Waals surface area contributed by atoms with Crippen molar-refractivity contribution in [1.29, 1.82) is 0 Å². The molecule has 0 spiro atoms. The van der Waals surface area contributed by atoms with Crippen molar-refractivity contribution in [3.05, 3.63) is 64.7 Å². The number of benzene rings is 2. The van der Waals surface area contributed by atoms with Crippen LogP contribution >= 0.6 is 0 Å². The zero-order valence-electron chi connectivity index (χ0n) is 13.2. The molecular weight excluding hydrogens is 258 g/mol. The normalized spacial score (nSPS) is 12.3. The number of phenolic OH excluding ortho intramolecular Hbond substituents is 1. The molecular formula is C19H25NO. The number of rotatable bonds is 6. The summed E-state index contributed by atoms with van der Waals surface area (Å²) in [5, 5.41) is 12.9. The van der Waals surface area contributed by atoms with Crippen molar-refractivity contribution in [3.8, 4) is 5.75 Å². The molecule has 21 heavy (non-hydrogen) atoms. The highest BCUT2D eigenvalue weighted by Crippen LogP contribution is 2.15. The zero-order chi connectivity index (χ0) is 15.2. The summed E-state index contributed by atoms with van der Waals surface area (Å²) >= 11 is 0. The van der Waals surface area contributed by atoms with Gasteiger partial charge in [0.25, 0.3) is 0 Å². The van der Waals surface area contributed by atoms with E-state index in [9.17, 15) is 5.11 Å². The van der Waals surface area contributed by atoms with Crippen LogP contribution in [0, 0.1) is 13.8 Å². The van der Waals surface area contributed by atoms with E-state index in [-0.39, 0.29) is 0 Å². The molecule has 1 atom stereocenters. The third-order valence-corrected chi connectivity index (χ3v) is 3.96. The number of phenols is 1. The maximum absolute atomic E-state index is 9.37. The Morgan fingerprint density at radius 1 is 0.905 bits per heavy atom. The molecule has 0 saturated carbocycles. The molecule has 1 unspecified atom stereocenters. The Kier molecular flexibility index (Phi) is 5.40. The molecule has 0 heterocycles. The van der Waals surface area contributed by atoms with Gasteiger partial charge in [-0.15, -0.1) is 0 Å². The minimum absolute atomic E-state index is 0.327. The number of hydrogen-bond acceptors (Lipinski definition) is 2. The fourth-order valence-electron chi connectivity index (χ4n) is 2.64. The highest BCUT2D eigenvalue weighted by atomic mass is 16.3. The molecule has 0 amide bonds. The molecule has 0 aliphatic rings. The van der Waals surface area contributed by atoms with E-state index >= 15 is 0 Å². The molecule has 0 bridgehead atoms. The van der Waals surface area contributed by atoms with Gasteiger partial charge in [0, 0.05) is 6.04 Å². The van der Waals surface area contributed by atoms with Gasteiger partial charge in [0.05, 0.1) is 0 Å². The van der Waals surface area contributed by atoms with Crippen molar-refractivity contribution in [1.82, 2.24) is 5.32 Å². The summed E-state index contributed by atoms with van der Waals surface area (Å²) in [5.74, 6) is 0.327. The largest absolute Gasteiger partial charge is 0.508 e. The Morgan fingerprint density at radius 3 is 2.14 bits per heavy atom. The van der Waals surface area contributed by atoms with E-state index in [1.807, 2.05) is 12.1 Å². The predicted molar refractivity (Wildman–Crippen MR) is 88.9 cm³/mol. The molecule has 0 fully saturated rings. The quantitative estimate of drug-likeness (QED) is 0.846. The van der Waals surface area contributed by atoms with Gasteiger partial charge in [-0.1, -0.05) is 37.3 Å². The van der Waals surface area contributed by atoms with Gasteiger partial charge in [0.1, 0.15) is 5.75 Å². The van der Waals surface area contributed by atoms with Gasteiger partial charge in [-0.3, -0.25) is 0 Å².